The van der Waals surface area contributed by atoms with Crippen LogP contribution in [0.5, 0.6) is 0 Å². The molecule has 4 aliphatic heterocycles. The number of carbonyl (C=O) groups excluding carboxylic acids is 3. The highest BCUT2D eigenvalue weighted by atomic mass is 35.5. The van der Waals surface area contributed by atoms with Gasteiger partial charge in [0.15, 0.2) is 0 Å². The number of amides is 3. The molecular weight excluding hydrogens is 546 g/mol. The summed E-state index contributed by atoms with van der Waals surface area (Å²) in [7, 11) is 0. The molecular formula is C31H32ClN3O4S. The highest BCUT2D eigenvalue weighted by molar-refractivity contribution is 8.02. The van der Waals surface area contributed by atoms with Crippen molar-refractivity contribution in [3.05, 3.63) is 89.5 Å². The summed E-state index contributed by atoms with van der Waals surface area (Å²) in [4.78, 5) is 48.1. The van der Waals surface area contributed by atoms with Crippen LogP contribution in [-0.2, 0) is 20.9 Å². The number of thioether (sulfide) groups is 1. The van der Waals surface area contributed by atoms with E-state index in [0.29, 0.717) is 49.7 Å². The van der Waals surface area contributed by atoms with Crippen molar-refractivity contribution in [1.29, 1.82) is 0 Å². The number of halogens is 1. The molecule has 9 heteroatoms. The Balaban J connectivity index is 1.38. The minimum absolute atomic E-state index is 0.0171. The average Bonchev–Trinajstić information content (AvgIpc) is 3.27. The van der Waals surface area contributed by atoms with E-state index >= 15 is 0 Å². The van der Waals surface area contributed by atoms with E-state index in [4.69, 9.17) is 11.6 Å². The van der Waals surface area contributed by atoms with E-state index in [1.54, 1.807) is 33.7 Å². The topological polar surface area (TPSA) is 81.2 Å². The third kappa shape index (κ3) is 4.56. The largest absolute Gasteiger partial charge is 0.396 e. The van der Waals surface area contributed by atoms with Crippen LogP contribution in [0.3, 0.4) is 0 Å². The molecule has 4 heterocycles. The van der Waals surface area contributed by atoms with Crippen molar-refractivity contribution >= 4 is 46.8 Å². The first-order valence-corrected chi connectivity index (χ1v) is 15.0. The van der Waals surface area contributed by atoms with Gasteiger partial charge in [0.2, 0.25) is 11.8 Å². The zero-order chi connectivity index (χ0) is 27.9. The van der Waals surface area contributed by atoms with Crippen LogP contribution in [0.15, 0.2) is 78.9 Å². The number of fused-ring (bicyclic) bond motifs is 2. The van der Waals surface area contributed by atoms with Crippen molar-refractivity contribution < 1.29 is 19.5 Å². The maximum atomic E-state index is 14.4. The molecule has 2 fully saturated rings. The minimum Gasteiger partial charge on any atom is -0.396 e. The van der Waals surface area contributed by atoms with E-state index in [2.05, 4.69) is 6.08 Å². The highest BCUT2D eigenvalue weighted by Gasteiger charge is 2.70. The van der Waals surface area contributed by atoms with E-state index in [-0.39, 0.29) is 29.6 Å². The minimum atomic E-state index is -0.861. The number of hydrogen-bond acceptors (Lipinski definition) is 5. The molecule has 1 N–H and O–H groups in total. The molecule has 6 rings (SSSR count). The van der Waals surface area contributed by atoms with Gasteiger partial charge in [0, 0.05) is 48.7 Å². The van der Waals surface area contributed by atoms with Gasteiger partial charge < -0.3 is 19.8 Å². The van der Waals surface area contributed by atoms with Crippen LogP contribution in [0.1, 0.15) is 18.4 Å². The molecule has 0 saturated carbocycles. The number of likely N-dealkylation sites (tertiary alicyclic amines) is 1. The van der Waals surface area contributed by atoms with Gasteiger partial charge in [0.25, 0.3) is 5.91 Å². The monoisotopic (exact) mass is 577 g/mol. The Morgan fingerprint density at radius 3 is 2.45 bits per heavy atom. The zero-order valence-corrected chi connectivity index (χ0v) is 23.6. The van der Waals surface area contributed by atoms with E-state index < -0.39 is 22.6 Å². The molecule has 2 aromatic carbocycles. The molecule has 40 heavy (non-hydrogen) atoms. The molecule has 1 unspecified atom stereocenters. The third-order valence-electron chi connectivity index (χ3n) is 8.40. The number of anilines is 1. The predicted molar refractivity (Wildman–Crippen MR) is 157 cm³/mol. The molecule has 0 bridgehead atoms. The van der Waals surface area contributed by atoms with E-state index in [9.17, 15) is 19.5 Å². The SMILES string of the molecule is O=C1[C@@H]2[C@H]3C(=O)N(CCCCO)C4C(=O)N(c5ccc(Cl)cc5)CC=C[C@@]43S[C@@H]2C=CCN1Cc1ccccc1. The molecule has 2 aromatic rings. The van der Waals surface area contributed by atoms with Crippen molar-refractivity contribution in [3.8, 4) is 0 Å². The van der Waals surface area contributed by atoms with Crippen molar-refractivity contribution in [3.63, 3.8) is 0 Å². The first-order valence-electron chi connectivity index (χ1n) is 13.8. The number of benzene rings is 2. The summed E-state index contributed by atoms with van der Waals surface area (Å²) >= 11 is 7.70. The first kappa shape index (κ1) is 27.1. The number of carbonyl (C=O) groups is 3. The lowest BCUT2D eigenvalue weighted by Gasteiger charge is -2.35. The van der Waals surface area contributed by atoms with Crippen LogP contribution in [0.25, 0.3) is 0 Å². The number of rotatable bonds is 7. The van der Waals surface area contributed by atoms with Crippen LogP contribution in [-0.4, -0.2) is 74.9 Å². The maximum absolute atomic E-state index is 14.4. The maximum Gasteiger partial charge on any atom is 0.251 e. The van der Waals surface area contributed by atoms with Gasteiger partial charge in [-0.3, -0.25) is 14.4 Å². The Labute approximate surface area is 243 Å². The van der Waals surface area contributed by atoms with Crippen LogP contribution in [0.2, 0.25) is 5.02 Å². The van der Waals surface area contributed by atoms with Crippen molar-refractivity contribution in [1.82, 2.24) is 9.80 Å². The van der Waals surface area contributed by atoms with Gasteiger partial charge >= 0.3 is 0 Å². The van der Waals surface area contributed by atoms with Gasteiger partial charge in [-0.1, -0.05) is 66.2 Å². The number of aliphatic hydroxyl groups excluding tert-OH is 1. The standard InChI is InChI=1S/C31H32ClN3O4S/c32-22-11-13-23(14-12-22)34-18-7-15-31-26(29(38)35(17-4-5-19-36)27(31)30(34)39)25-24(40-31)10-6-16-33(28(25)37)20-21-8-2-1-3-9-21/h1-3,6-15,24-27,36H,4-5,16-20H2/t24-,25+,26+,27?,31+/m1/s1. The number of aliphatic hydroxyl groups is 1. The molecule has 3 amide bonds. The summed E-state index contributed by atoms with van der Waals surface area (Å²) in [5, 5.41) is 9.79. The van der Waals surface area contributed by atoms with Gasteiger partial charge in [-0.05, 0) is 42.7 Å². The summed E-state index contributed by atoms with van der Waals surface area (Å²) in [6.45, 7) is 1.69. The molecule has 0 aliphatic carbocycles. The number of hydrogen-bond donors (Lipinski definition) is 1. The van der Waals surface area contributed by atoms with Crippen LogP contribution in [0, 0.1) is 11.8 Å². The average molecular weight is 578 g/mol. The van der Waals surface area contributed by atoms with Gasteiger partial charge in [-0.2, -0.15) is 0 Å². The molecule has 4 aliphatic rings. The zero-order valence-electron chi connectivity index (χ0n) is 22.1. The summed E-state index contributed by atoms with van der Waals surface area (Å²) in [5.41, 5.74) is 1.75. The molecule has 208 valence electrons. The fourth-order valence-corrected chi connectivity index (χ4v) is 8.75. The molecule has 2 saturated heterocycles. The summed E-state index contributed by atoms with van der Waals surface area (Å²) in [6.07, 6.45) is 9.19. The van der Waals surface area contributed by atoms with Crippen molar-refractivity contribution in [2.24, 2.45) is 11.8 Å². The fourth-order valence-electron chi connectivity index (χ4n) is 6.62. The van der Waals surface area contributed by atoms with Gasteiger partial charge in [-0.25, -0.2) is 0 Å². The molecule has 0 aromatic heterocycles. The van der Waals surface area contributed by atoms with E-state index in [0.717, 1.165) is 5.56 Å². The second-order valence-electron chi connectivity index (χ2n) is 10.8. The smallest absolute Gasteiger partial charge is 0.251 e. The second kappa shape index (κ2) is 11.1. The van der Waals surface area contributed by atoms with Gasteiger partial charge in [0.1, 0.15) is 6.04 Å². The summed E-state index contributed by atoms with van der Waals surface area (Å²) < 4.78 is -0.861. The summed E-state index contributed by atoms with van der Waals surface area (Å²) in [5.74, 6) is -1.57. The fraction of sp³-hybridized carbons (Fsp3) is 0.387. The van der Waals surface area contributed by atoms with E-state index in [1.165, 1.54) is 0 Å². The Kier molecular flexibility index (Phi) is 7.50. The predicted octanol–water partition coefficient (Wildman–Crippen LogP) is 3.91. The molecule has 1 spiro atoms. The molecule has 0 radical (unpaired) electrons. The summed E-state index contributed by atoms with van der Waals surface area (Å²) in [6, 6.07) is 16.3. The van der Waals surface area contributed by atoms with Crippen LogP contribution in [0.4, 0.5) is 5.69 Å². The lowest BCUT2D eigenvalue weighted by Crippen LogP contribution is -2.53. The Hall–Kier alpha value is -3.07. The van der Waals surface area contributed by atoms with E-state index in [1.807, 2.05) is 65.6 Å². The molecule has 7 nitrogen and oxygen atoms in total. The lowest BCUT2D eigenvalue weighted by atomic mass is 9.78. The van der Waals surface area contributed by atoms with Crippen molar-refractivity contribution in [2.45, 2.75) is 35.4 Å². The molecule has 5 atom stereocenters. The van der Waals surface area contributed by atoms with Crippen LogP contribution >= 0.6 is 23.4 Å². The third-order valence-corrected chi connectivity index (χ3v) is 10.4. The van der Waals surface area contributed by atoms with Gasteiger partial charge in [0.05, 0.1) is 16.6 Å². The Bertz CT molecular complexity index is 1350. The Morgan fingerprint density at radius 2 is 1.70 bits per heavy atom. The lowest BCUT2D eigenvalue weighted by molar-refractivity contribution is -0.143. The first-order chi connectivity index (χ1) is 19.4. The number of nitrogens with zero attached hydrogens (tertiary/aromatic N) is 3. The second-order valence-corrected chi connectivity index (χ2v) is 12.7. The van der Waals surface area contributed by atoms with Gasteiger partial charge in [-0.15, -0.1) is 11.8 Å². The normalized spacial score (nSPS) is 29.4. The highest BCUT2D eigenvalue weighted by Crippen LogP contribution is 2.61. The quantitative estimate of drug-likeness (QED) is 0.399. The number of unbranched alkanes of at least 4 members (excludes halogenated alkanes) is 1. The Morgan fingerprint density at radius 1 is 0.925 bits per heavy atom. The van der Waals surface area contributed by atoms with Crippen LogP contribution < -0.4 is 4.90 Å². The van der Waals surface area contributed by atoms with Crippen molar-refractivity contribution in [2.75, 3.05) is 31.1 Å².